The molecule has 0 amide bonds. The quantitative estimate of drug-likeness (QED) is 0.416. The summed E-state index contributed by atoms with van der Waals surface area (Å²) < 4.78 is 0. The molecule has 2 aliphatic rings. The summed E-state index contributed by atoms with van der Waals surface area (Å²) in [4.78, 5) is 24.5. The first-order valence-corrected chi connectivity index (χ1v) is 10.8. The Kier molecular flexibility index (Phi) is 8.67. The van der Waals surface area contributed by atoms with E-state index in [1.807, 2.05) is 12.1 Å². The fraction of sp³-hybridized carbons (Fsp3) is 0.0714. The van der Waals surface area contributed by atoms with Gasteiger partial charge in [-0.05, 0) is 59.7 Å². The van der Waals surface area contributed by atoms with Crippen molar-refractivity contribution < 1.29 is 36.6 Å². The fourth-order valence-electron chi connectivity index (χ4n) is 3.76. The van der Waals surface area contributed by atoms with Gasteiger partial charge in [-0.25, -0.2) is 0 Å². The Balaban J connectivity index is 0.00000342. The zero-order valence-electron chi connectivity index (χ0n) is 18.6. The van der Waals surface area contributed by atoms with Gasteiger partial charge in [-0.2, -0.15) is 0 Å². The predicted molar refractivity (Wildman–Crippen MR) is 131 cm³/mol. The van der Waals surface area contributed by atoms with E-state index in [1.165, 1.54) is 12.2 Å². The number of benzene rings is 2. The molecule has 0 aromatic heterocycles. The fourth-order valence-corrected chi connectivity index (χ4v) is 3.76. The average Bonchev–Trinajstić information content (AvgIpc) is 2.83. The van der Waals surface area contributed by atoms with Crippen molar-refractivity contribution in [2.75, 3.05) is 0 Å². The summed E-state index contributed by atoms with van der Waals surface area (Å²) in [7, 11) is 0. The SMILES string of the molecule is O=C1C=CC=C/C1=C/NC(c1cccc(O)c1)C(N/C=C1/C=CC=CC1=O)c1cccc(O)c1.[Co]. The first kappa shape index (κ1) is 25.5. The van der Waals surface area contributed by atoms with Crippen molar-refractivity contribution in [3.05, 3.63) is 132 Å². The molecule has 4 N–H and O–H groups in total. The maximum absolute atomic E-state index is 12.3. The summed E-state index contributed by atoms with van der Waals surface area (Å²) in [6, 6.07) is 12.6. The van der Waals surface area contributed by atoms with Gasteiger partial charge in [0.05, 0.1) is 12.1 Å². The summed E-state index contributed by atoms with van der Waals surface area (Å²) in [6.45, 7) is 0. The second-order valence-electron chi connectivity index (χ2n) is 7.84. The van der Waals surface area contributed by atoms with E-state index in [4.69, 9.17) is 0 Å². The van der Waals surface area contributed by atoms with Crippen LogP contribution in [0.25, 0.3) is 0 Å². The summed E-state index contributed by atoms with van der Waals surface area (Å²) in [6.07, 6.45) is 16.6. The number of ketones is 2. The topological polar surface area (TPSA) is 98.7 Å². The van der Waals surface area contributed by atoms with E-state index in [1.54, 1.807) is 85.3 Å². The minimum atomic E-state index is -0.483. The zero-order valence-corrected chi connectivity index (χ0v) is 19.6. The van der Waals surface area contributed by atoms with Crippen molar-refractivity contribution in [2.45, 2.75) is 12.1 Å². The van der Waals surface area contributed by atoms with Gasteiger partial charge in [0.25, 0.3) is 0 Å². The normalized spacial score (nSPS) is 18.4. The number of carbonyl (C=O) groups is 2. The number of nitrogens with one attached hydrogen (secondary N) is 2. The van der Waals surface area contributed by atoms with E-state index in [9.17, 15) is 19.8 Å². The number of phenols is 2. The van der Waals surface area contributed by atoms with Gasteiger partial charge in [0.15, 0.2) is 11.6 Å². The number of hydrogen-bond acceptors (Lipinski definition) is 6. The molecular formula is C28H24CoN2O4. The van der Waals surface area contributed by atoms with Crippen LogP contribution in [0.5, 0.6) is 11.5 Å². The number of hydrogen-bond donors (Lipinski definition) is 4. The molecule has 2 aromatic carbocycles. The third-order valence-corrected chi connectivity index (χ3v) is 5.47. The van der Waals surface area contributed by atoms with E-state index in [-0.39, 0.29) is 39.8 Å². The summed E-state index contributed by atoms with van der Waals surface area (Å²) >= 11 is 0. The predicted octanol–water partition coefficient (Wildman–Crippen LogP) is 4.21. The van der Waals surface area contributed by atoms with Crippen LogP contribution < -0.4 is 10.6 Å². The van der Waals surface area contributed by atoms with Crippen LogP contribution in [0.15, 0.2) is 121 Å². The third kappa shape index (κ3) is 6.50. The Hall–Kier alpha value is -4.07. The largest absolute Gasteiger partial charge is 0.508 e. The van der Waals surface area contributed by atoms with Crippen LogP contribution in [0.3, 0.4) is 0 Å². The van der Waals surface area contributed by atoms with Gasteiger partial charge in [0.2, 0.25) is 0 Å². The van der Waals surface area contributed by atoms with E-state index in [0.717, 1.165) is 11.1 Å². The molecule has 179 valence electrons. The molecule has 2 aliphatic carbocycles. The number of allylic oxidation sites excluding steroid dienone is 10. The van der Waals surface area contributed by atoms with E-state index in [2.05, 4.69) is 10.6 Å². The number of phenolic OH excluding ortho intramolecular Hbond substituents is 2. The first-order chi connectivity index (χ1) is 16.5. The van der Waals surface area contributed by atoms with Crippen molar-refractivity contribution >= 4 is 11.6 Å². The minimum absolute atomic E-state index is 0. The maximum Gasteiger partial charge on any atom is 0.187 e. The minimum Gasteiger partial charge on any atom is -0.508 e. The standard InChI is InChI=1S/C28H24N2O4.Co/c31-23-11-5-9-19(15-23)27(29-17-21-7-1-3-13-25(21)33)28(20-10-6-12-24(32)16-20)30-18-22-8-2-4-14-26(22)34;/h1-18,27-32H;/b21-17-,22-18-;. The van der Waals surface area contributed by atoms with Gasteiger partial charge >= 0.3 is 0 Å². The number of carbonyl (C=O) groups excluding carboxylic acids is 2. The van der Waals surface area contributed by atoms with Gasteiger partial charge in [-0.15, -0.1) is 0 Å². The number of rotatable bonds is 7. The molecule has 4 rings (SSSR count). The Bertz CT molecular complexity index is 1190. The molecule has 0 saturated heterocycles. The van der Waals surface area contributed by atoms with Gasteiger partial charge in [0, 0.05) is 40.3 Å². The van der Waals surface area contributed by atoms with Gasteiger partial charge in [-0.1, -0.05) is 48.6 Å². The molecule has 2 unspecified atom stereocenters. The maximum atomic E-state index is 12.3. The van der Waals surface area contributed by atoms with Crippen molar-refractivity contribution in [3.63, 3.8) is 0 Å². The van der Waals surface area contributed by atoms with Gasteiger partial charge < -0.3 is 20.8 Å². The molecule has 0 saturated carbocycles. The van der Waals surface area contributed by atoms with Crippen molar-refractivity contribution in [3.8, 4) is 11.5 Å². The van der Waals surface area contributed by atoms with Crippen LogP contribution >= 0.6 is 0 Å². The molecule has 7 heteroatoms. The Morgan fingerprint density at radius 2 is 1.03 bits per heavy atom. The second kappa shape index (κ2) is 11.9. The Morgan fingerprint density at radius 3 is 1.40 bits per heavy atom. The summed E-state index contributed by atoms with van der Waals surface area (Å²) in [5.74, 6) is -0.0640. The molecule has 2 aromatic rings. The van der Waals surface area contributed by atoms with Crippen molar-refractivity contribution in [1.29, 1.82) is 0 Å². The first-order valence-electron chi connectivity index (χ1n) is 10.8. The molecule has 2 atom stereocenters. The van der Waals surface area contributed by atoms with E-state index in [0.29, 0.717) is 11.1 Å². The molecule has 0 heterocycles. The van der Waals surface area contributed by atoms with Crippen LogP contribution in [0, 0.1) is 0 Å². The van der Waals surface area contributed by atoms with E-state index >= 15 is 0 Å². The van der Waals surface area contributed by atoms with Crippen LogP contribution in [0.4, 0.5) is 0 Å². The molecular weight excluding hydrogens is 487 g/mol. The Morgan fingerprint density at radius 1 is 0.629 bits per heavy atom. The van der Waals surface area contributed by atoms with Crippen molar-refractivity contribution in [1.82, 2.24) is 10.6 Å². The smallest absolute Gasteiger partial charge is 0.187 e. The molecule has 0 spiro atoms. The summed E-state index contributed by atoms with van der Waals surface area (Å²) in [5.41, 5.74) is 2.45. The monoisotopic (exact) mass is 511 g/mol. The van der Waals surface area contributed by atoms with Gasteiger partial charge in [0.1, 0.15) is 11.5 Å². The Labute approximate surface area is 214 Å². The number of aromatic hydroxyl groups is 2. The van der Waals surface area contributed by atoms with Gasteiger partial charge in [-0.3, -0.25) is 9.59 Å². The van der Waals surface area contributed by atoms with Crippen LogP contribution in [0.2, 0.25) is 0 Å². The van der Waals surface area contributed by atoms with E-state index < -0.39 is 12.1 Å². The summed E-state index contributed by atoms with van der Waals surface area (Å²) in [5, 5.41) is 26.9. The molecule has 1 radical (unpaired) electrons. The van der Waals surface area contributed by atoms with Crippen LogP contribution in [-0.4, -0.2) is 21.8 Å². The van der Waals surface area contributed by atoms with Crippen LogP contribution in [-0.2, 0) is 26.4 Å². The third-order valence-electron chi connectivity index (χ3n) is 5.47. The zero-order chi connectivity index (χ0) is 23.9. The van der Waals surface area contributed by atoms with Crippen LogP contribution in [0.1, 0.15) is 23.2 Å². The molecule has 0 bridgehead atoms. The molecule has 0 aliphatic heterocycles. The second-order valence-corrected chi connectivity index (χ2v) is 7.84. The van der Waals surface area contributed by atoms with Crippen molar-refractivity contribution in [2.24, 2.45) is 0 Å². The molecule has 0 fully saturated rings. The molecule has 6 nitrogen and oxygen atoms in total. The average molecular weight is 511 g/mol. The molecule has 35 heavy (non-hydrogen) atoms.